The number of amides is 6. The SMILES string of the molecule is CO[C@@H]1O[C@@H]2C(=O)N[C@@H](Cc3ccc(O)cc3)C(=O)N[C@]3(OC)C[C@@H](O)[C@H](O)[C@H](O3)C(=O)N[C@@H](Cc3ccc(O)cc3)C(=O)N[C@]3(OC)C[C@@H](O)[C@H](O)[C@H](O3)C(=O)N[C@@H](Cc3ccc(O)cc3)C(=O)N[C@@H]1[C@@H](O)[C@@H]2O. The van der Waals surface area contributed by atoms with E-state index in [2.05, 4.69) is 31.9 Å². The summed E-state index contributed by atoms with van der Waals surface area (Å²) in [7, 11) is 3.11. The fourth-order valence-electron chi connectivity index (χ4n) is 9.03. The van der Waals surface area contributed by atoms with Crippen molar-refractivity contribution in [3.05, 3.63) is 89.5 Å². The average Bonchev–Trinajstić information content (AvgIpc) is 3.38. The summed E-state index contributed by atoms with van der Waals surface area (Å²) in [6.45, 7) is 0. The first-order valence-electron chi connectivity index (χ1n) is 23.5. The number of phenols is 3. The summed E-state index contributed by atoms with van der Waals surface area (Å²) in [5.74, 6) is -12.6. The number of aliphatic hydroxyl groups excluding tert-OH is 6. The van der Waals surface area contributed by atoms with Crippen molar-refractivity contribution in [2.75, 3.05) is 21.3 Å². The molecule has 5 aliphatic heterocycles. The summed E-state index contributed by atoms with van der Waals surface area (Å²) in [5, 5.41) is 112. The van der Waals surface area contributed by atoms with Crippen LogP contribution < -0.4 is 31.9 Å². The molecule has 5 heterocycles. The van der Waals surface area contributed by atoms with E-state index in [1.165, 1.54) is 72.8 Å². The minimum atomic E-state index is -2.49. The molecule has 27 heteroatoms. The Kier molecular flexibility index (Phi) is 17.6. The number of carbonyl (C=O) groups is 6. The van der Waals surface area contributed by atoms with Gasteiger partial charge in [-0.15, -0.1) is 0 Å². The molecule has 75 heavy (non-hydrogen) atoms. The van der Waals surface area contributed by atoms with E-state index in [1.54, 1.807) is 0 Å². The molecule has 6 bridgehead atoms. The molecule has 3 aromatic carbocycles. The third kappa shape index (κ3) is 12.9. The summed E-state index contributed by atoms with van der Waals surface area (Å²) in [6, 6.07) is 9.36. The third-order valence-corrected chi connectivity index (χ3v) is 13.2. The van der Waals surface area contributed by atoms with Gasteiger partial charge in [0, 0.05) is 40.6 Å². The second kappa shape index (κ2) is 23.5. The molecule has 15 N–H and O–H groups in total. The van der Waals surface area contributed by atoms with Crippen LogP contribution in [0.25, 0.3) is 0 Å². The smallest absolute Gasteiger partial charge is 0.254 e. The Bertz CT molecular complexity index is 2520. The van der Waals surface area contributed by atoms with Gasteiger partial charge in [-0.2, -0.15) is 0 Å². The normalized spacial score (nSPS) is 35.3. The van der Waals surface area contributed by atoms with Crippen molar-refractivity contribution in [3.63, 3.8) is 0 Å². The highest BCUT2D eigenvalue weighted by Crippen LogP contribution is 2.32. The van der Waals surface area contributed by atoms with Gasteiger partial charge in [0.2, 0.25) is 17.7 Å². The molecule has 5 aliphatic rings. The molecular formula is C48H60N6O21. The van der Waals surface area contributed by atoms with Gasteiger partial charge in [-0.3, -0.25) is 28.8 Å². The Morgan fingerprint density at radius 3 is 1.16 bits per heavy atom. The zero-order chi connectivity index (χ0) is 54.5. The van der Waals surface area contributed by atoms with Crippen LogP contribution in [0.1, 0.15) is 29.5 Å². The van der Waals surface area contributed by atoms with Gasteiger partial charge in [-0.05, 0) is 53.1 Å². The zero-order valence-corrected chi connectivity index (χ0v) is 40.5. The van der Waals surface area contributed by atoms with E-state index < -0.39 is 152 Å². The highest BCUT2D eigenvalue weighted by molar-refractivity contribution is 5.92. The number of hydrogen-bond acceptors (Lipinski definition) is 21. The van der Waals surface area contributed by atoms with E-state index in [0.717, 1.165) is 21.3 Å². The average molecular weight is 1060 g/mol. The minimum Gasteiger partial charge on any atom is -0.508 e. The first kappa shape index (κ1) is 56.1. The van der Waals surface area contributed by atoms with Gasteiger partial charge >= 0.3 is 0 Å². The molecule has 5 fully saturated rings. The van der Waals surface area contributed by atoms with Gasteiger partial charge in [0.05, 0.1) is 25.0 Å². The molecule has 0 spiro atoms. The van der Waals surface area contributed by atoms with Crippen LogP contribution in [0.15, 0.2) is 72.8 Å². The summed E-state index contributed by atoms with van der Waals surface area (Å²) in [5.41, 5.74) is 0.992. The molecule has 3 aromatic rings. The first-order valence-corrected chi connectivity index (χ1v) is 23.5. The van der Waals surface area contributed by atoms with Crippen LogP contribution >= 0.6 is 0 Å². The van der Waals surface area contributed by atoms with Crippen molar-refractivity contribution in [2.45, 2.75) is 129 Å². The second-order valence-electron chi connectivity index (χ2n) is 18.5. The minimum absolute atomic E-state index is 0.147. The maximum absolute atomic E-state index is 14.5. The van der Waals surface area contributed by atoms with Crippen molar-refractivity contribution in [1.82, 2.24) is 31.9 Å². The maximum atomic E-state index is 14.5. The summed E-state index contributed by atoms with van der Waals surface area (Å²) in [4.78, 5) is 86.1. The van der Waals surface area contributed by atoms with Gasteiger partial charge in [-0.1, -0.05) is 36.4 Å². The fraction of sp³-hybridized carbons (Fsp3) is 0.500. The highest BCUT2D eigenvalue weighted by Gasteiger charge is 2.55. The van der Waals surface area contributed by atoms with Gasteiger partial charge in [0.1, 0.15) is 65.8 Å². The van der Waals surface area contributed by atoms with Crippen LogP contribution in [-0.4, -0.2) is 200 Å². The summed E-state index contributed by atoms with van der Waals surface area (Å²) < 4.78 is 34.2. The number of ether oxygens (including phenoxy) is 6. The van der Waals surface area contributed by atoms with Crippen LogP contribution in [0.2, 0.25) is 0 Å². The predicted molar refractivity (Wildman–Crippen MR) is 250 cm³/mol. The first-order chi connectivity index (χ1) is 35.6. The molecule has 5 saturated heterocycles. The number of aromatic hydroxyl groups is 3. The molecule has 0 radical (unpaired) electrons. The van der Waals surface area contributed by atoms with Crippen LogP contribution in [0.5, 0.6) is 17.2 Å². The molecule has 27 nitrogen and oxygen atoms in total. The van der Waals surface area contributed by atoms with Gasteiger partial charge < -0.3 is 106 Å². The van der Waals surface area contributed by atoms with Crippen molar-refractivity contribution >= 4 is 35.4 Å². The number of fused-ring (bicyclic) bond motifs is 14. The van der Waals surface area contributed by atoms with E-state index >= 15 is 0 Å². The predicted octanol–water partition coefficient (Wildman–Crippen LogP) is -5.27. The third-order valence-electron chi connectivity index (χ3n) is 13.2. The monoisotopic (exact) mass is 1060 g/mol. The van der Waals surface area contributed by atoms with Crippen LogP contribution in [0.3, 0.4) is 0 Å². The van der Waals surface area contributed by atoms with Crippen LogP contribution in [0, 0.1) is 0 Å². The summed E-state index contributed by atoms with van der Waals surface area (Å²) >= 11 is 0. The number of nitrogens with one attached hydrogen (secondary N) is 6. The second-order valence-corrected chi connectivity index (χ2v) is 18.5. The summed E-state index contributed by atoms with van der Waals surface area (Å²) in [6.07, 6.45) is -22.9. The lowest BCUT2D eigenvalue weighted by atomic mass is 9.94. The lowest BCUT2D eigenvalue weighted by Gasteiger charge is -2.45. The lowest BCUT2D eigenvalue weighted by Crippen LogP contribution is -2.69. The van der Waals surface area contributed by atoms with E-state index in [-0.39, 0.29) is 30.1 Å². The molecule has 408 valence electrons. The van der Waals surface area contributed by atoms with Crippen molar-refractivity contribution < 1.29 is 103 Å². The Hall–Kier alpha value is -6.60. The molecular weight excluding hydrogens is 997 g/mol. The van der Waals surface area contributed by atoms with Crippen molar-refractivity contribution in [2.24, 2.45) is 0 Å². The van der Waals surface area contributed by atoms with E-state index in [9.17, 15) is 74.7 Å². The van der Waals surface area contributed by atoms with E-state index in [0.29, 0.717) is 16.7 Å². The quantitative estimate of drug-likeness (QED) is 0.0952. The number of phenolic OH excluding ortho intramolecular Hbond substituents is 3. The highest BCUT2D eigenvalue weighted by atomic mass is 16.7. The Morgan fingerprint density at radius 1 is 0.467 bits per heavy atom. The molecule has 8 rings (SSSR count). The van der Waals surface area contributed by atoms with Crippen molar-refractivity contribution in [1.29, 1.82) is 0 Å². The number of benzene rings is 3. The molecule has 0 aliphatic carbocycles. The largest absolute Gasteiger partial charge is 0.508 e. The Labute approximate surface area is 427 Å². The number of methoxy groups -OCH3 is 3. The topological polar surface area (TPSA) is 412 Å². The molecule has 0 saturated carbocycles. The maximum Gasteiger partial charge on any atom is 0.254 e. The molecule has 0 aromatic heterocycles. The molecule has 0 unspecified atom stereocenters. The van der Waals surface area contributed by atoms with Crippen LogP contribution in [0.4, 0.5) is 0 Å². The number of aliphatic hydroxyl groups is 6. The zero-order valence-electron chi connectivity index (χ0n) is 40.5. The molecule has 6 amide bonds. The van der Waals surface area contributed by atoms with Crippen molar-refractivity contribution in [3.8, 4) is 17.2 Å². The lowest BCUT2D eigenvalue weighted by molar-refractivity contribution is -0.315. The number of carbonyl (C=O) groups excluding carboxylic acids is 6. The number of rotatable bonds is 9. The van der Waals surface area contributed by atoms with Crippen LogP contribution in [-0.2, 0) is 76.5 Å². The molecule has 16 atom stereocenters. The van der Waals surface area contributed by atoms with Gasteiger partial charge in [0.25, 0.3) is 29.5 Å². The number of hydrogen-bond donors (Lipinski definition) is 15. The van der Waals surface area contributed by atoms with E-state index in [4.69, 9.17) is 28.4 Å². The Balaban J connectivity index is 1.30. The van der Waals surface area contributed by atoms with E-state index in [1.807, 2.05) is 0 Å². The van der Waals surface area contributed by atoms with Gasteiger partial charge in [-0.25, -0.2) is 0 Å². The fourth-order valence-corrected chi connectivity index (χ4v) is 9.03. The standard InChI is InChI=1S/C48H60N6O21/c1-70-46-32-35(62)36(63)37(73-46)43(67)50-28(17-22-6-12-25(56)13-7-22)41(65)53-47(71-2)20-31(59)34(61)39(75-47)45(69)51-29(18-23-8-14-26(57)15-9-23)42(66)54-48(72-3)19-30(58)33(60)38(74-48)44(68)49-27(40(64)52-32)16-21-4-10-24(55)11-5-21/h4-15,27-39,46,55-63H,16-20H2,1-3H3,(H,49,68)(H,50,67)(H,51,69)(H,52,64)(H,53,65)(H,54,66)/t27-,28-,29-,30+,31+,32+,33-,34-,35+,36-,37-,38-,39-,46+,47-,48-/m0/s1. The Morgan fingerprint density at radius 2 is 0.813 bits per heavy atom. The van der Waals surface area contributed by atoms with Gasteiger partial charge in [0.15, 0.2) is 24.6 Å².